The van der Waals surface area contributed by atoms with Crippen LogP contribution in [0.3, 0.4) is 0 Å². The van der Waals surface area contributed by atoms with Gasteiger partial charge in [0.2, 0.25) is 0 Å². The number of rotatable bonds is 3. The maximum atomic E-state index is 3.56. The molecule has 1 saturated heterocycles. The zero-order chi connectivity index (χ0) is 10.7. The number of hydrogen-bond acceptors (Lipinski definition) is 2. The van der Waals surface area contributed by atoms with Crippen LogP contribution in [0.1, 0.15) is 30.5 Å². The minimum Gasteiger partial charge on any atom is -0.316 e. The number of hydrogen-bond donors (Lipinski definition) is 2. The molecule has 2 nitrogen and oxygen atoms in total. The summed E-state index contributed by atoms with van der Waals surface area (Å²) in [5.41, 5.74) is 2.78. The van der Waals surface area contributed by atoms with Crippen molar-refractivity contribution < 1.29 is 0 Å². The monoisotopic (exact) mass is 204 g/mol. The summed E-state index contributed by atoms with van der Waals surface area (Å²) in [5, 5.41) is 6.72. The Bertz CT molecular complexity index is 305. The lowest BCUT2D eigenvalue weighted by Crippen LogP contribution is -2.13. The van der Waals surface area contributed by atoms with E-state index in [1.165, 1.54) is 17.5 Å². The number of benzene rings is 1. The Morgan fingerprint density at radius 1 is 1.33 bits per heavy atom. The highest BCUT2D eigenvalue weighted by Crippen LogP contribution is 2.26. The Balaban J connectivity index is 2.03. The molecule has 1 aliphatic rings. The highest BCUT2D eigenvalue weighted by atomic mass is 14.9. The van der Waals surface area contributed by atoms with Gasteiger partial charge < -0.3 is 10.6 Å². The molecule has 2 N–H and O–H groups in total. The third-order valence-corrected chi connectivity index (χ3v) is 3.11. The van der Waals surface area contributed by atoms with Crippen LogP contribution in [0.25, 0.3) is 0 Å². The molecule has 0 saturated carbocycles. The molecule has 2 rings (SSSR count). The SMILES string of the molecule is CNCc1ccc([C@H]2CC(C)CN2)cc1. The zero-order valence-electron chi connectivity index (χ0n) is 9.59. The molecule has 2 atom stereocenters. The van der Waals surface area contributed by atoms with Crippen molar-refractivity contribution in [3.8, 4) is 0 Å². The van der Waals surface area contributed by atoms with Gasteiger partial charge in [-0.25, -0.2) is 0 Å². The first kappa shape index (κ1) is 10.7. The van der Waals surface area contributed by atoms with Crippen LogP contribution < -0.4 is 10.6 Å². The predicted molar refractivity (Wildman–Crippen MR) is 63.7 cm³/mol. The predicted octanol–water partition coefficient (Wildman–Crippen LogP) is 2.08. The standard InChI is InChI=1S/C13H20N2/c1-10-7-13(15-8-10)12-5-3-11(4-6-12)9-14-2/h3-6,10,13-15H,7-9H2,1-2H3/t10?,13-/m1/s1. The van der Waals surface area contributed by atoms with Crippen molar-refractivity contribution in [2.24, 2.45) is 5.92 Å². The van der Waals surface area contributed by atoms with Crippen molar-refractivity contribution in [3.05, 3.63) is 35.4 Å². The van der Waals surface area contributed by atoms with Crippen molar-refractivity contribution in [1.82, 2.24) is 10.6 Å². The second-order valence-corrected chi connectivity index (χ2v) is 4.57. The molecular formula is C13H20N2. The average molecular weight is 204 g/mol. The van der Waals surface area contributed by atoms with E-state index in [9.17, 15) is 0 Å². The maximum absolute atomic E-state index is 3.56. The van der Waals surface area contributed by atoms with Crippen LogP contribution in [-0.2, 0) is 6.54 Å². The van der Waals surface area contributed by atoms with Gasteiger partial charge in [0.15, 0.2) is 0 Å². The van der Waals surface area contributed by atoms with Gasteiger partial charge in [0.1, 0.15) is 0 Å². The van der Waals surface area contributed by atoms with E-state index in [1.54, 1.807) is 0 Å². The van der Waals surface area contributed by atoms with Crippen LogP contribution in [-0.4, -0.2) is 13.6 Å². The first-order valence-corrected chi connectivity index (χ1v) is 5.76. The molecule has 1 aliphatic heterocycles. The molecule has 1 aromatic carbocycles. The second-order valence-electron chi connectivity index (χ2n) is 4.57. The van der Waals surface area contributed by atoms with Gasteiger partial charge in [0, 0.05) is 12.6 Å². The fourth-order valence-corrected chi connectivity index (χ4v) is 2.24. The molecule has 0 bridgehead atoms. The van der Waals surface area contributed by atoms with Crippen LogP contribution >= 0.6 is 0 Å². The molecule has 1 unspecified atom stereocenters. The molecule has 82 valence electrons. The summed E-state index contributed by atoms with van der Waals surface area (Å²) in [6.07, 6.45) is 1.27. The zero-order valence-corrected chi connectivity index (χ0v) is 9.59. The second kappa shape index (κ2) is 4.77. The summed E-state index contributed by atoms with van der Waals surface area (Å²) in [6.45, 7) is 4.42. The van der Waals surface area contributed by atoms with E-state index in [4.69, 9.17) is 0 Å². The molecule has 2 heteroatoms. The Kier molecular flexibility index (Phi) is 3.39. The normalized spacial score (nSPS) is 25.7. The third-order valence-electron chi connectivity index (χ3n) is 3.11. The molecule has 0 radical (unpaired) electrons. The molecule has 1 heterocycles. The quantitative estimate of drug-likeness (QED) is 0.787. The fraction of sp³-hybridized carbons (Fsp3) is 0.538. The van der Waals surface area contributed by atoms with E-state index in [0.717, 1.165) is 19.0 Å². The third kappa shape index (κ3) is 2.58. The summed E-state index contributed by atoms with van der Waals surface area (Å²) >= 11 is 0. The topological polar surface area (TPSA) is 24.1 Å². The molecule has 1 fully saturated rings. The van der Waals surface area contributed by atoms with E-state index >= 15 is 0 Å². The van der Waals surface area contributed by atoms with Crippen LogP contribution in [0.4, 0.5) is 0 Å². The minimum absolute atomic E-state index is 0.573. The molecule has 0 aromatic heterocycles. The summed E-state index contributed by atoms with van der Waals surface area (Å²) in [5.74, 6) is 0.812. The van der Waals surface area contributed by atoms with Gasteiger partial charge in [-0.2, -0.15) is 0 Å². The summed E-state index contributed by atoms with van der Waals surface area (Å²) in [7, 11) is 1.98. The maximum Gasteiger partial charge on any atom is 0.0323 e. The summed E-state index contributed by atoms with van der Waals surface area (Å²) < 4.78 is 0. The Labute approximate surface area is 92.1 Å². The van der Waals surface area contributed by atoms with Gasteiger partial charge >= 0.3 is 0 Å². The van der Waals surface area contributed by atoms with E-state index in [0.29, 0.717) is 6.04 Å². The Morgan fingerprint density at radius 2 is 2.07 bits per heavy atom. The molecule has 1 aromatic rings. The van der Waals surface area contributed by atoms with E-state index < -0.39 is 0 Å². The van der Waals surface area contributed by atoms with E-state index in [1.807, 2.05) is 7.05 Å². The van der Waals surface area contributed by atoms with Gasteiger partial charge in [-0.1, -0.05) is 31.2 Å². The van der Waals surface area contributed by atoms with Crippen LogP contribution in [0, 0.1) is 5.92 Å². The average Bonchev–Trinajstić information content (AvgIpc) is 2.67. The van der Waals surface area contributed by atoms with Crippen molar-refractivity contribution in [2.75, 3.05) is 13.6 Å². The van der Waals surface area contributed by atoms with Crippen molar-refractivity contribution in [2.45, 2.75) is 25.9 Å². The first-order valence-electron chi connectivity index (χ1n) is 5.76. The highest BCUT2D eigenvalue weighted by Gasteiger charge is 2.21. The Morgan fingerprint density at radius 3 is 2.60 bits per heavy atom. The lowest BCUT2D eigenvalue weighted by Gasteiger charge is -2.11. The van der Waals surface area contributed by atoms with Crippen molar-refractivity contribution in [3.63, 3.8) is 0 Å². The molecular weight excluding hydrogens is 184 g/mol. The van der Waals surface area contributed by atoms with Gasteiger partial charge in [0.05, 0.1) is 0 Å². The van der Waals surface area contributed by atoms with Gasteiger partial charge in [-0.05, 0) is 37.1 Å². The van der Waals surface area contributed by atoms with Gasteiger partial charge in [0.25, 0.3) is 0 Å². The van der Waals surface area contributed by atoms with Crippen LogP contribution in [0.5, 0.6) is 0 Å². The molecule has 0 spiro atoms. The number of nitrogens with one attached hydrogen (secondary N) is 2. The molecule has 0 amide bonds. The highest BCUT2D eigenvalue weighted by molar-refractivity contribution is 5.25. The van der Waals surface area contributed by atoms with Gasteiger partial charge in [-0.3, -0.25) is 0 Å². The minimum atomic E-state index is 0.573. The largest absolute Gasteiger partial charge is 0.316 e. The van der Waals surface area contributed by atoms with E-state index in [-0.39, 0.29) is 0 Å². The fourth-order valence-electron chi connectivity index (χ4n) is 2.24. The van der Waals surface area contributed by atoms with Crippen molar-refractivity contribution in [1.29, 1.82) is 0 Å². The lowest BCUT2D eigenvalue weighted by molar-refractivity contribution is 0.611. The summed E-state index contributed by atoms with van der Waals surface area (Å²) in [4.78, 5) is 0. The van der Waals surface area contributed by atoms with E-state index in [2.05, 4.69) is 41.8 Å². The van der Waals surface area contributed by atoms with Crippen molar-refractivity contribution >= 4 is 0 Å². The molecule has 0 aliphatic carbocycles. The Hall–Kier alpha value is -0.860. The van der Waals surface area contributed by atoms with Crippen LogP contribution in [0.2, 0.25) is 0 Å². The smallest absolute Gasteiger partial charge is 0.0323 e. The lowest BCUT2D eigenvalue weighted by atomic mass is 10.0. The summed E-state index contributed by atoms with van der Waals surface area (Å²) in [6, 6.07) is 9.52. The van der Waals surface area contributed by atoms with Crippen LogP contribution in [0.15, 0.2) is 24.3 Å². The van der Waals surface area contributed by atoms with Gasteiger partial charge in [-0.15, -0.1) is 0 Å². The molecule has 15 heavy (non-hydrogen) atoms. The first-order chi connectivity index (χ1) is 7.29.